The molecule has 3 aromatic carbocycles. The summed E-state index contributed by atoms with van der Waals surface area (Å²) in [5.74, 6) is -4.04. The Labute approximate surface area is 230 Å². The molecule has 0 aliphatic carbocycles. The molecule has 0 radical (unpaired) electrons. The molecule has 214 valence electrons. The van der Waals surface area contributed by atoms with Crippen LogP contribution < -0.4 is 10.1 Å². The minimum atomic E-state index is -5.57. The molecule has 0 aromatic heterocycles. The van der Waals surface area contributed by atoms with Gasteiger partial charge in [-0.05, 0) is 42.8 Å². The Morgan fingerprint density at radius 3 is 2.05 bits per heavy atom. The molecule has 0 fully saturated rings. The Morgan fingerprint density at radius 2 is 1.49 bits per heavy atom. The summed E-state index contributed by atoms with van der Waals surface area (Å²) >= 11 is 0. The number of rotatable bonds is 7. The van der Waals surface area contributed by atoms with Crippen molar-refractivity contribution in [1.82, 2.24) is 10.2 Å². The largest absolute Gasteiger partial charge is 0.497 e. The van der Waals surface area contributed by atoms with E-state index in [1.54, 1.807) is 5.32 Å². The summed E-state index contributed by atoms with van der Waals surface area (Å²) in [6.07, 6.45) is -10.5. The minimum absolute atomic E-state index is 0.192. The molecule has 0 saturated carbocycles. The zero-order chi connectivity index (χ0) is 30.2. The summed E-state index contributed by atoms with van der Waals surface area (Å²) in [5.41, 5.74) is -7.19. The van der Waals surface area contributed by atoms with Crippen LogP contribution in [0.1, 0.15) is 38.8 Å². The van der Waals surface area contributed by atoms with Crippen LogP contribution in [0.15, 0.2) is 90.1 Å². The molecule has 1 atom stereocenters. The number of halogens is 6. The molecule has 0 unspecified atom stereocenters. The van der Waals surface area contributed by atoms with Crippen molar-refractivity contribution < 1.29 is 45.5 Å². The fourth-order valence-corrected chi connectivity index (χ4v) is 4.57. The van der Waals surface area contributed by atoms with Crippen LogP contribution in [0.4, 0.5) is 26.3 Å². The van der Waals surface area contributed by atoms with Crippen LogP contribution in [0.5, 0.6) is 5.75 Å². The quantitative estimate of drug-likeness (QED) is 0.279. The van der Waals surface area contributed by atoms with Gasteiger partial charge in [0.15, 0.2) is 5.78 Å². The van der Waals surface area contributed by atoms with Crippen molar-refractivity contribution in [2.24, 2.45) is 0 Å². The van der Waals surface area contributed by atoms with Gasteiger partial charge in [-0.3, -0.25) is 14.4 Å². The Hall–Kier alpha value is -4.61. The lowest BCUT2D eigenvalue weighted by atomic mass is 9.84. The summed E-state index contributed by atoms with van der Waals surface area (Å²) in [6.45, 7) is 0.735. The minimum Gasteiger partial charge on any atom is -0.497 e. The number of ketones is 1. The first-order valence-corrected chi connectivity index (χ1v) is 12.0. The SMILES string of the molecule is COc1ccc(CN2C(=O)[C@](NC(=O)c3cccc(C(F)(F)F)c3)(C(F)(F)F)C(C(=O)c3ccccc3)=C2C)cc1. The topological polar surface area (TPSA) is 75.7 Å². The number of carbonyl (C=O) groups excluding carboxylic acids is 3. The van der Waals surface area contributed by atoms with Crippen LogP contribution >= 0.6 is 0 Å². The van der Waals surface area contributed by atoms with Gasteiger partial charge in [-0.2, -0.15) is 26.3 Å². The molecule has 6 nitrogen and oxygen atoms in total. The molecule has 12 heteroatoms. The van der Waals surface area contributed by atoms with E-state index in [4.69, 9.17) is 4.74 Å². The van der Waals surface area contributed by atoms with E-state index < -0.39 is 58.7 Å². The summed E-state index contributed by atoms with van der Waals surface area (Å²) in [7, 11) is 1.41. The normalized spacial score (nSPS) is 17.6. The second kappa shape index (κ2) is 10.8. The Morgan fingerprint density at radius 1 is 0.878 bits per heavy atom. The molecule has 41 heavy (non-hydrogen) atoms. The average Bonchev–Trinajstić information content (AvgIpc) is 3.15. The lowest BCUT2D eigenvalue weighted by Gasteiger charge is -2.33. The van der Waals surface area contributed by atoms with Gasteiger partial charge >= 0.3 is 12.4 Å². The molecule has 4 rings (SSSR count). The van der Waals surface area contributed by atoms with Crippen molar-refractivity contribution in [3.05, 3.63) is 112 Å². The van der Waals surface area contributed by atoms with Crippen LogP contribution in [-0.2, 0) is 17.5 Å². The maximum atomic E-state index is 15.1. The lowest BCUT2D eigenvalue weighted by molar-refractivity contribution is -0.189. The monoisotopic (exact) mass is 576 g/mol. The Balaban J connectivity index is 1.86. The molecule has 2 amide bonds. The van der Waals surface area contributed by atoms with E-state index >= 15 is 13.2 Å². The Bertz CT molecular complexity index is 1510. The molecule has 0 bridgehead atoms. The van der Waals surface area contributed by atoms with Crippen molar-refractivity contribution in [3.8, 4) is 5.75 Å². The number of ether oxygens (including phenoxy) is 1. The van der Waals surface area contributed by atoms with Crippen LogP contribution in [0, 0.1) is 0 Å². The number of benzene rings is 3. The fourth-order valence-electron chi connectivity index (χ4n) is 4.57. The number of amides is 2. The van der Waals surface area contributed by atoms with E-state index in [1.165, 1.54) is 61.7 Å². The van der Waals surface area contributed by atoms with Gasteiger partial charge in [-0.15, -0.1) is 0 Å². The number of Topliss-reactive ketones (excluding diaryl/α,β-unsaturated/α-hetero) is 1. The summed E-state index contributed by atoms with van der Waals surface area (Å²) in [5, 5.41) is 1.62. The van der Waals surface area contributed by atoms with E-state index in [1.807, 2.05) is 0 Å². The molecule has 1 heterocycles. The second-order valence-electron chi connectivity index (χ2n) is 9.18. The number of hydrogen-bond donors (Lipinski definition) is 1. The summed E-state index contributed by atoms with van der Waals surface area (Å²) < 4.78 is 90.0. The van der Waals surface area contributed by atoms with Gasteiger partial charge < -0.3 is 15.0 Å². The maximum absolute atomic E-state index is 15.1. The smallest absolute Gasteiger partial charge is 0.425 e. The van der Waals surface area contributed by atoms with Gasteiger partial charge in [0.25, 0.3) is 11.8 Å². The van der Waals surface area contributed by atoms with E-state index in [0.717, 1.165) is 24.0 Å². The molecular formula is C29H22F6N2O4. The molecular weight excluding hydrogens is 554 g/mol. The third kappa shape index (κ3) is 5.41. The van der Waals surface area contributed by atoms with E-state index in [9.17, 15) is 27.6 Å². The van der Waals surface area contributed by atoms with Crippen LogP contribution in [0.2, 0.25) is 0 Å². The van der Waals surface area contributed by atoms with Crippen molar-refractivity contribution in [2.75, 3.05) is 7.11 Å². The molecule has 3 aromatic rings. The van der Waals surface area contributed by atoms with Gasteiger partial charge in [-0.25, -0.2) is 0 Å². The molecule has 1 aliphatic rings. The predicted molar refractivity (Wildman–Crippen MR) is 135 cm³/mol. The highest BCUT2D eigenvalue weighted by Crippen LogP contribution is 2.46. The number of carbonyl (C=O) groups is 3. The zero-order valence-corrected chi connectivity index (χ0v) is 21.6. The van der Waals surface area contributed by atoms with E-state index in [2.05, 4.69) is 0 Å². The van der Waals surface area contributed by atoms with Gasteiger partial charge in [0.05, 0.1) is 24.8 Å². The average molecular weight is 576 g/mol. The number of alkyl halides is 6. The number of allylic oxidation sites excluding steroid dienone is 1. The standard InChI is InChI=1S/C29H22F6N2O4/c1-17-23(24(38)19-7-4-3-5-8-19)27(29(33,34)35,26(40)37(17)16-18-11-13-22(41-2)14-12-18)36-25(39)20-9-6-10-21(15-20)28(30,31)32/h3-15H,16H2,1-2H3,(H,36,39)/t27-/m0/s1. The first kappa shape index (κ1) is 29.4. The van der Waals surface area contributed by atoms with Crippen molar-refractivity contribution in [2.45, 2.75) is 31.4 Å². The van der Waals surface area contributed by atoms with E-state index in [-0.39, 0.29) is 11.3 Å². The summed E-state index contributed by atoms with van der Waals surface area (Å²) in [4.78, 5) is 41.2. The van der Waals surface area contributed by atoms with Crippen molar-refractivity contribution in [1.29, 1.82) is 0 Å². The number of nitrogens with one attached hydrogen (secondary N) is 1. The Kier molecular flexibility index (Phi) is 7.70. The van der Waals surface area contributed by atoms with Gasteiger partial charge in [0, 0.05) is 16.8 Å². The highest BCUT2D eigenvalue weighted by Gasteiger charge is 2.70. The molecule has 1 N–H and O–H groups in total. The van der Waals surface area contributed by atoms with Gasteiger partial charge in [-0.1, -0.05) is 48.5 Å². The van der Waals surface area contributed by atoms with Gasteiger partial charge in [0.2, 0.25) is 5.54 Å². The third-order valence-corrected chi connectivity index (χ3v) is 6.65. The molecule has 0 saturated heterocycles. The number of methoxy groups -OCH3 is 1. The van der Waals surface area contributed by atoms with Crippen LogP contribution in [0.3, 0.4) is 0 Å². The number of hydrogen-bond acceptors (Lipinski definition) is 4. The highest BCUT2D eigenvalue weighted by atomic mass is 19.4. The summed E-state index contributed by atoms with van der Waals surface area (Å²) in [6, 6.07) is 15.6. The zero-order valence-electron chi connectivity index (χ0n) is 21.6. The first-order valence-electron chi connectivity index (χ1n) is 12.0. The first-order chi connectivity index (χ1) is 19.2. The van der Waals surface area contributed by atoms with Crippen LogP contribution in [-0.4, -0.2) is 41.3 Å². The van der Waals surface area contributed by atoms with Crippen molar-refractivity contribution >= 4 is 17.6 Å². The third-order valence-electron chi connectivity index (χ3n) is 6.65. The van der Waals surface area contributed by atoms with Crippen molar-refractivity contribution in [3.63, 3.8) is 0 Å². The predicted octanol–water partition coefficient (Wildman–Crippen LogP) is 5.94. The number of nitrogens with zero attached hydrogens (tertiary/aromatic N) is 1. The van der Waals surface area contributed by atoms with Gasteiger partial charge in [0.1, 0.15) is 5.75 Å². The van der Waals surface area contributed by atoms with E-state index in [0.29, 0.717) is 23.4 Å². The second-order valence-corrected chi connectivity index (χ2v) is 9.18. The lowest BCUT2D eigenvalue weighted by Crippen LogP contribution is -2.66. The van der Waals surface area contributed by atoms with Crippen LogP contribution in [0.25, 0.3) is 0 Å². The maximum Gasteiger partial charge on any atom is 0.425 e. The highest BCUT2D eigenvalue weighted by molar-refractivity contribution is 6.19. The molecule has 1 aliphatic heterocycles. The fraction of sp³-hybridized carbons (Fsp3) is 0.207. The molecule has 0 spiro atoms.